The van der Waals surface area contributed by atoms with E-state index in [-0.39, 0.29) is 11.2 Å². The fraction of sp³-hybridized carbons (Fsp3) is 0.556. The van der Waals surface area contributed by atoms with E-state index in [2.05, 4.69) is 69.8 Å². The second-order valence-corrected chi connectivity index (χ2v) is 13.8. The summed E-state index contributed by atoms with van der Waals surface area (Å²) in [5, 5.41) is 10.1. The standard InChI is InChI=1S/C18H28BN3O2Si/c1-17(2)18(3,4)24-19(23-17)15-16(25(5,6)7)20-21-22(15)13-14-11-9-8-10-12-14/h8-12H,13H2,1-7H3. The minimum Gasteiger partial charge on any atom is -0.398 e. The van der Waals surface area contributed by atoms with Gasteiger partial charge in [0.2, 0.25) is 0 Å². The first-order valence-electron chi connectivity index (χ1n) is 8.85. The van der Waals surface area contributed by atoms with Gasteiger partial charge in [-0.1, -0.05) is 55.2 Å². The van der Waals surface area contributed by atoms with Crippen LogP contribution in [0.4, 0.5) is 0 Å². The van der Waals surface area contributed by atoms with E-state index in [1.807, 2.05) is 22.9 Å². The van der Waals surface area contributed by atoms with Crippen LogP contribution in [0.25, 0.3) is 0 Å². The molecule has 1 fully saturated rings. The number of aromatic nitrogens is 3. The molecule has 2 aromatic rings. The third-order valence-electron chi connectivity index (χ3n) is 5.14. The maximum absolute atomic E-state index is 6.32. The Bertz CT molecular complexity index is 737. The lowest BCUT2D eigenvalue weighted by Gasteiger charge is -2.32. The minimum absolute atomic E-state index is 0.379. The molecule has 1 aromatic carbocycles. The lowest BCUT2D eigenvalue weighted by Crippen LogP contribution is -2.56. The van der Waals surface area contributed by atoms with E-state index in [9.17, 15) is 0 Å². The Morgan fingerprint density at radius 3 is 2.08 bits per heavy atom. The maximum Gasteiger partial charge on any atom is 0.515 e. The lowest BCUT2D eigenvalue weighted by atomic mass is 9.85. The van der Waals surface area contributed by atoms with Gasteiger partial charge in [-0.3, -0.25) is 0 Å². The Morgan fingerprint density at radius 2 is 1.56 bits per heavy atom. The quantitative estimate of drug-likeness (QED) is 0.787. The van der Waals surface area contributed by atoms with Crippen LogP contribution in [0, 0.1) is 0 Å². The zero-order chi connectivity index (χ0) is 18.5. The Morgan fingerprint density at radius 1 is 1.00 bits per heavy atom. The molecule has 0 amide bonds. The average molecular weight is 357 g/mol. The van der Waals surface area contributed by atoms with Crippen LogP contribution in [0.5, 0.6) is 0 Å². The number of hydrogen-bond acceptors (Lipinski definition) is 4. The molecule has 134 valence electrons. The summed E-state index contributed by atoms with van der Waals surface area (Å²) in [6.45, 7) is 15.8. The summed E-state index contributed by atoms with van der Waals surface area (Å²) >= 11 is 0. The largest absolute Gasteiger partial charge is 0.515 e. The Labute approximate surface area is 151 Å². The molecular formula is C18H28BN3O2Si. The van der Waals surface area contributed by atoms with Gasteiger partial charge >= 0.3 is 7.12 Å². The molecule has 0 N–H and O–H groups in total. The third kappa shape index (κ3) is 3.45. The van der Waals surface area contributed by atoms with E-state index < -0.39 is 15.2 Å². The number of benzene rings is 1. The van der Waals surface area contributed by atoms with Crippen LogP contribution < -0.4 is 10.9 Å². The molecule has 0 atom stereocenters. The molecule has 0 aliphatic carbocycles. The first-order valence-corrected chi connectivity index (χ1v) is 12.3. The summed E-state index contributed by atoms with van der Waals surface area (Å²) in [5.41, 5.74) is 1.40. The van der Waals surface area contributed by atoms with Crippen LogP contribution in [-0.4, -0.2) is 41.4 Å². The Balaban J connectivity index is 2.03. The molecule has 0 radical (unpaired) electrons. The second-order valence-electron chi connectivity index (χ2n) is 8.80. The highest BCUT2D eigenvalue weighted by molar-refractivity contribution is 6.91. The second kappa shape index (κ2) is 6.07. The van der Waals surface area contributed by atoms with E-state index >= 15 is 0 Å². The summed E-state index contributed by atoms with van der Waals surface area (Å²) in [4.78, 5) is 0. The van der Waals surface area contributed by atoms with Gasteiger partial charge in [-0.25, -0.2) is 4.68 Å². The van der Waals surface area contributed by atoms with E-state index in [1.54, 1.807) is 0 Å². The molecule has 1 aliphatic rings. The van der Waals surface area contributed by atoms with Crippen LogP contribution >= 0.6 is 0 Å². The zero-order valence-corrected chi connectivity index (χ0v) is 17.3. The summed E-state index contributed by atoms with van der Waals surface area (Å²) in [5.74, 6) is 0. The molecule has 0 saturated carbocycles. The summed E-state index contributed by atoms with van der Waals surface area (Å²) in [7, 11) is -2.13. The number of nitrogens with zero attached hydrogens (tertiary/aromatic N) is 3. The molecule has 0 unspecified atom stereocenters. The van der Waals surface area contributed by atoms with Gasteiger partial charge in [0.15, 0.2) is 0 Å². The highest BCUT2D eigenvalue weighted by Gasteiger charge is 2.54. The van der Waals surface area contributed by atoms with Crippen molar-refractivity contribution in [1.82, 2.24) is 15.0 Å². The van der Waals surface area contributed by atoms with E-state index in [0.29, 0.717) is 6.54 Å². The van der Waals surface area contributed by atoms with Crippen molar-refractivity contribution in [2.45, 2.75) is 65.1 Å². The predicted octanol–water partition coefficient (Wildman–Crippen LogP) is 2.17. The topological polar surface area (TPSA) is 49.2 Å². The molecule has 25 heavy (non-hydrogen) atoms. The molecule has 1 aliphatic heterocycles. The van der Waals surface area contributed by atoms with Gasteiger partial charge < -0.3 is 9.31 Å². The van der Waals surface area contributed by atoms with Crippen LogP contribution in [0.3, 0.4) is 0 Å². The van der Waals surface area contributed by atoms with Crippen LogP contribution in [-0.2, 0) is 15.9 Å². The Hall–Kier alpha value is -1.44. The normalized spacial score (nSPS) is 19.4. The first kappa shape index (κ1) is 18.4. The van der Waals surface area contributed by atoms with Gasteiger partial charge in [0.25, 0.3) is 0 Å². The number of rotatable bonds is 4. The highest BCUT2D eigenvalue weighted by atomic mass is 28.3. The van der Waals surface area contributed by atoms with Gasteiger partial charge in [0.1, 0.15) is 8.07 Å². The Kier molecular flexibility index (Phi) is 4.46. The molecule has 0 bridgehead atoms. The van der Waals surface area contributed by atoms with Crippen LogP contribution in [0.15, 0.2) is 30.3 Å². The average Bonchev–Trinajstić information content (AvgIpc) is 2.98. The fourth-order valence-corrected chi connectivity index (χ4v) is 4.28. The third-order valence-corrected chi connectivity index (χ3v) is 6.91. The highest BCUT2D eigenvalue weighted by Crippen LogP contribution is 2.36. The van der Waals surface area contributed by atoms with E-state index in [4.69, 9.17) is 9.31 Å². The van der Waals surface area contributed by atoms with Crippen molar-refractivity contribution >= 4 is 26.1 Å². The van der Waals surface area contributed by atoms with Crippen LogP contribution in [0.2, 0.25) is 19.6 Å². The van der Waals surface area contributed by atoms with Gasteiger partial charge in [-0.05, 0) is 33.3 Å². The van der Waals surface area contributed by atoms with E-state index in [0.717, 1.165) is 10.9 Å². The molecule has 1 saturated heterocycles. The fourth-order valence-electron chi connectivity index (χ4n) is 2.92. The van der Waals surface area contributed by atoms with Crippen molar-refractivity contribution in [3.63, 3.8) is 0 Å². The van der Waals surface area contributed by atoms with Gasteiger partial charge in [-0.15, -0.1) is 5.10 Å². The zero-order valence-electron chi connectivity index (χ0n) is 16.3. The molecule has 1 aromatic heterocycles. The van der Waals surface area contributed by atoms with E-state index in [1.165, 1.54) is 5.56 Å². The van der Waals surface area contributed by atoms with Gasteiger partial charge in [-0.2, -0.15) is 0 Å². The van der Waals surface area contributed by atoms with Gasteiger partial charge in [0.05, 0.1) is 28.7 Å². The minimum atomic E-state index is -1.69. The molecule has 0 spiro atoms. The van der Waals surface area contributed by atoms with Crippen molar-refractivity contribution in [1.29, 1.82) is 0 Å². The molecule has 3 rings (SSSR count). The summed E-state index contributed by atoms with van der Waals surface area (Å²) < 4.78 is 14.6. The van der Waals surface area contributed by atoms with Crippen molar-refractivity contribution in [2.24, 2.45) is 0 Å². The summed E-state index contributed by atoms with van der Waals surface area (Å²) in [6, 6.07) is 10.3. The SMILES string of the molecule is CC1(C)OB(c2c([Si](C)(C)C)nnn2Cc2ccccc2)OC1(C)C. The van der Waals surface area contributed by atoms with Crippen molar-refractivity contribution in [3.05, 3.63) is 35.9 Å². The van der Waals surface area contributed by atoms with Crippen molar-refractivity contribution in [3.8, 4) is 0 Å². The van der Waals surface area contributed by atoms with Crippen molar-refractivity contribution in [2.75, 3.05) is 0 Å². The summed E-state index contributed by atoms with van der Waals surface area (Å²) in [6.07, 6.45) is 0. The molecular weight excluding hydrogens is 329 g/mol. The monoisotopic (exact) mass is 357 g/mol. The first-order chi connectivity index (χ1) is 11.5. The maximum atomic E-state index is 6.32. The lowest BCUT2D eigenvalue weighted by molar-refractivity contribution is 0.00578. The smallest absolute Gasteiger partial charge is 0.398 e. The van der Waals surface area contributed by atoms with Gasteiger partial charge in [0, 0.05) is 0 Å². The molecule has 7 heteroatoms. The molecule has 2 heterocycles. The van der Waals surface area contributed by atoms with Crippen LogP contribution in [0.1, 0.15) is 33.3 Å². The predicted molar refractivity (Wildman–Crippen MR) is 104 cm³/mol. The molecule has 5 nitrogen and oxygen atoms in total. The van der Waals surface area contributed by atoms with Crippen molar-refractivity contribution < 1.29 is 9.31 Å². The number of hydrogen-bond donors (Lipinski definition) is 0.